The van der Waals surface area contributed by atoms with Crippen LogP contribution in [0.3, 0.4) is 0 Å². The quantitative estimate of drug-likeness (QED) is 0.632. The predicted molar refractivity (Wildman–Crippen MR) is 128 cm³/mol. The highest BCUT2D eigenvalue weighted by molar-refractivity contribution is 8.15. The number of thioether (sulfide) groups is 1. The predicted octanol–water partition coefficient (Wildman–Crippen LogP) is 4.78. The van der Waals surface area contributed by atoms with Crippen LogP contribution in [-0.2, 0) is 16.7 Å². The van der Waals surface area contributed by atoms with Crippen molar-refractivity contribution in [2.24, 2.45) is 10.7 Å². The molecule has 3 N–H and O–H groups in total. The zero-order valence-corrected chi connectivity index (χ0v) is 19.0. The molecule has 0 amide bonds. The van der Waals surface area contributed by atoms with Crippen molar-refractivity contribution in [3.8, 4) is 5.75 Å². The van der Waals surface area contributed by atoms with Crippen LogP contribution in [0.25, 0.3) is 0 Å². The molecule has 1 fully saturated rings. The maximum absolute atomic E-state index is 6.39. The van der Waals surface area contributed by atoms with Crippen molar-refractivity contribution in [2.45, 2.75) is 42.9 Å². The molecule has 0 unspecified atom stereocenters. The molecule has 1 atom stereocenters. The van der Waals surface area contributed by atoms with E-state index in [-0.39, 0.29) is 4.75 Å². The average molecular weight is 439 g/mol. The fourth-order valence-corrected chi connectivity index (χ4v) is 6.06. The van der Waals surface area contributed by atoms with E-state index in [0.717, 1.165) is 44.6 Å². The summed E-state index contributed by atoms with van der Waals surface area (Å²) in [6, 6.07) is 10.1. The summed E-state index contributed by atoms with van der Waals surface area (Å²) in [4.78, 5) is 9.40. The van der Waals surface area contributed by atoms with E-state index in [2.05, 4.69) is 42.0 Å². The van der Waals surface area contributed by atoms with E-state index in [4.69, 9.17) is 20.2 Å². The fourth-order valence-electron chi connectivity index (χ4n) is 4.64. The second kappa shape index (κ2) is 8.93. The van der Waals surface area contributed by atoms with Crippen molar-refractivity contribution in [1.82, 2.24) is 4.98 Å². The molecule has 3 heterocycles. The molecule has 2 aliphatic rings. The number of aromatic nitrogens is 1. The van der Waals surface area contributed by atoms with Gasteiger partial charge < -0.3 is 20.5 Å². The van der Waals surface area contributed by atoms with Crippen LogP contribution in [0.5, 0.6) is 5.75 Å². The zero-order valence-electron chi connectivity index (χ0n) is 18.2. The summed E-state index contributed by atoms with van der Waals surface area (Å²) in [7, 11) is 1.65. The summed E-state index contributed by atoms with van der Waals surface area (Å²) in [6.45, 7) is 7.70. The first-order chi connectivity index (χ1) is 15.0. The molecule has 2 aliphatic heterocycles. The zero-order chi connectivity index (χ0) is 21.9. The lowest BCUT2D eigenvalue weighted by Gasteiger charge is -2.45. The molecule has 0 radical (unpaired) electrons. The van der Waals surface area contributed by atoms with Gasteiger partial charge in [-0.2, -0.15) is 0 Å². The molecule has 2 aromatic rings. The van der Waals surface area contributed by atoms with Crippen molar-refractivity contribution in [3.63, 3.8) is 0 Å². The van der Waals surface area contributed by atoms with Crippen LogP contribution in [0.1, 0.15) is 37.3 Å². The van der Waals surface area contributed by atoms with Crippen molar-refractivity contribution in [3.05, 3.63) is 60.3 Å². The van der Waals surface area contributed by atoms with E-state index in [1.54, 1.807) is 25.1 Å². The maximum atomic E-state index is 6.39. The number of hydrogen-bond acceptors (Lipinski definition) is 7. The number of hydrogen-bond donors (Lipinski definition) is 2. The highest BCUT2D eigenvalue weighted by Gasteiger charge is 2.46. The molecule has 1 spiro atoms. The van der Waals surface area contributed by atoms with Crippen LogP contribution in [0.4, 0.5) is 11.5 Å². The molecule has 4 rings (SSSR count). The van der Waals surface area contributed by atoms with E-state index >= 15 is 0 Å². The van der Waals surface area contributed by atoms with Crippen LogP contribution >= 0.6 is 11.8 Å². The Morgan fingerprint density at radius 3 is 2.87 bits per heavy atom. The van der Waals surface area contributed by atoms with E-state index in [0.29, 0.717) is 16.7 Å². The number of ether oxygens (including phenoxy) is 2. The number of amidine groups is 1. The third-order valence-electron chi connectivity index (χ3n) is 6.06. The molecule has 31 heavy (non-hydrogen) atoms. The number of allylic oxidation sites excluding steroid dienone is 1. The molecular formula is C24H30N4O2S. The SMILES string of the molecule is C=CCc1ccc(Nc2ncccc2OC)cc1[C@]1(C)CC2(CCOCC2)SC(N)=N1. The lowest BCUT2D eigenvalue weighted by atomic mass is 9.77. The summed E-state index contributed by atoms with van der Waals surface area (Å²) in [5.41, 5.74) is 9.28. The second-order valence-corrected chi connectivity index (χ2v) is 9.83. The van der Waals surface area contributed by atoms with Crippen LogP contribution in [0, 0.1) is 0 Å². The number of benzene rings is 1. The largest absolute Gasteiger partial charge is 0.493 e. The molecule has 1 aromatic carbocycles. The Balaban J connectivity index is 1.74. The minimum absolute atomic E-state index is 0.0674. The number of anilines is 2. The Hall–Kier alpha value is -2.51. The lowest BCUT2D eigenvalue weighted by Crippen LogP contribution is -2.45. The van der Waals surface area contributed by atoms with Crippen LogP contribution in [-0.4, -0.2) is 35.2 Å². The Morgan fingerprint density at radius 2 is 2.13 bits per heavy atom. The summed E-state index contributed by atoms with van der Waals surface area (Å²) in [5, 5.41) is 4.06. The minimum Gasteiger partial charge on any atom is -0.493 e. The number of methoxy groups -OCH3 is 1. The molecule has 1 saturated heterocycles. The van der Waals surface area contributed by atoms with Crippen molar-refractivity contribution in [1.29, 1.82) is 0 Å². The van der Waals surface area contributed by atoms with Gasteiger partial charge in [-0.3, -0.25) is 4.99 Å². The number of nitrogens with two attached hydrogens (primary N) is 1. The third-order valence-corrected chi connectivity index (χ3v) is 7.34. The third kappa shape index (κ3) is 4.57. The number of aliphatic imine (C=N–C) groups is 1. The normalized spacial score (nSPS) is 22.6. The van der Waals surface area contributed by atoms with Gasteiger partial charge in [-0.25, -0.2) is 4.98 Å². The van der Waals surface area contributed by atoms with Crippen molar-refractivity contribution >= 4 is 28.4 Å². The minimum atomic E-state index is -0.420. The summed E-state index contributed by atoms with van der Waals surface area (Å²) in [6.07, 6.45) is 7.36. The Bertz CT molecular complexity index is 987. The van der Waals surface area contributed by atoms with Gasteiger partial charge in [-0.1, -0.05) is 23.9 Å². The van der Waals surface area contributed by atoms with Crippen molar-refractivity contribution < 1.29 is 9.47 Å². The average Bonchev–Trinajstić information content (AvgIpc) is 2.75. The summed E-state index contributed by atoms with van der Waals surface area (Å²) in [5.74, 6) is 1.38. The van der Waals surface area contributed by atoms with Crippen LogP contribution in [0.15, 0.2) is 54.2 Å². The van der Waals surface area contributed by atoms with Gasteiger partial charge in [-0.15, -0.1) is 6.58 Å². The lowest BCUT2D eigenvalue weighted by molar-refractivity contribution is 0.0692. The van der Waals surface area contributed by atoms with Gasteiger partial charge in [0.2, 0.25) is 0 Å². The van der Waals surface area contributed by atoms with E-state index in [9.17, 15) is 0 Å². The summed E-state index contributed by atoms with van der Waals surface area (Å²) < 4.78 is 11.2. The van der Waals surface area contributed by atoms with Gasteiger partial charge in [-0.05, 0) is 68.0 Å². The molecule has 164 valence electrons. The molecule has 0 aliphatic carbocycles. The van der Waals surface area contributed by atoms with Crippen molar-refractivity contribution in [2.75, 3.05) is 25.6 Å². The number of pyridine rings is 1. The van der Waals surface area contributed by atoms with Gasteiger partial charge in [0.05, 0.1) is 12.6 Å². The Labute approximate surface area is 188 Å². The molecule has 0 bridgehead atoms. The fraction of sp³-hybridized carbons (Fsp3) is 0.417. The molecule has 1 aromatic heterocycles. The number of rotatable bonds is 6. The monoisotopic (exact) mass is 438 g/mol. The van der Waals surface area contributed by atoms with Crippen LogP contribution < -0.4 is 15.8 Å². The molecule has 7 heteroatoms. The van der Waals surface area contributed by atoms with E-state index in [1.807, 2.05) is 18.2 Å². The highest BCUT2D eigenvalue weighted by Crippen LogP contribution is 2.51. The highest BCUT2D eigenvalue weighted by atomic mass is 32.2. The van der Waals surface area contributed by atoms with Gasteiger partial charge in [0.15, 0.2) is 16.7 Å². The van der Waals surface area contributed by atoms with Gasteiger partial charge in [0.25, 0.3) is 0 Å². The number of nitrogens with one attached hydrogen (secondary N) is 1. The van der Waals surface area contributed by atoms with E-state index in [1.165, 1.54) is 11.1 Å². The first-order valence-corrected chi connectivity index (χ1v) is 11.4. The molecular weight excluding hydrogens is 408 g/mol. The smallest absolute Gasteiger partial charge is 0.173 e. The maximum Gasteiger partial charge on any atom is 0.173 e. The molecule has 0 saturated carbocycles. The first-order valence-electron chi connectivity index (χ1n) is 10.6. The van der Waals surface area contributed by atoms with Gasteiger partial charge in [0, 0.05) is 29.8 Å². The number of nitrogens with zero attached hydrogens (tertiary/aromatic N) is 2. The Kier molecular flexibility index (Phi) is 6.25. The van der Waals surface area contributed by atoms with E-state index < -0.39 is 5.54 Å². The summed E-state index contributed by atoms with van der Waals surface area (Å²) >= 11 is 1.72. The first kappa shape index (κ1) is 21.7. The van der Waals surface area contributed by atoms with Crippen LogP contribution in [0.2, 0.25) is 0 Å². The van der Waals surface area contributed by atoms with Gasteiger partial charge >= 0.3 is 0 Å². The van der Waals surface area contributed by atoms with Gasteiger partial charge in [0.1, 0.15) is 0 Å². The molecule has 6 nitrogen and oxygen atoms in total. The second-order valence-electron chi connectivity index (χ2n) is 8.34. The Morgan fingerprint density at radius 1 is 1.32 bits per heavy atom. The topological polar surface area (TPSA) is 81.8 Å². The standard InChI is InChI=1S/C24H30N4O2S/c1-4-6-17-8-9-18(27-21-20(29-3)7-5-12-26-21)15-19(17)23(2)16-24(31-22(25)28-23)10-13-30-14-11-24/h4-5,7-9,12,15H,1,6,10-11,13-14,16H2,2-3H3,(H2,25,28)(H,26,27)/t23-/m0/s1.